The number of benzene rings is 1. The zero-order valence-corrected chi connectivity index (χ0v) is 9.21. The molecule has 88 valence electrons. The number of esters is 1. The summed E-state index contributed by atoms with van der Waals surface area (Å²) in [5.41, 5.74) is 0.932. The summed E-state index contributed by atoms with van der Waals surface area (Å²) < 4.78 is 6.23. The molecule has 0 amide bonds. The second-order valence-electron chi connectivity index (χ2n) is 3.56. The standard InChI is InChI=1S/C12H11NO4/c1-17-11(14)7-13-6-5-8-9(12(15)16)3-2-4-10(8)13/h2-6H,7H2,1H3,(H,15,16). The lowest BCUT2D eigenvalue weighted by molar-refractivity contribution is -0.141. The lowest BCUT2D eigenvalue weighted by Gasteiger charge is -2.04. The minimum Gasteiger partial charge on any atom is -0.478 e. The van der Waals surface area contributed by atoms with Gasteiger partial charge in [-0.1, -0.05) is 6.07 Å². The summed E-state index contributed by atoms with van der Waals surface area (Å²) in [6, 6.07) is 6.64. The molecule has 2 aromatic rings. The Balaban J connectivity index is 2.51. The molecule has 0 aliphatic carbocycles. The van der Waals surface area contributed by atoms with Gasteiger partial charge in [-0.05, 0) is 18.2 Å². The van der Waals surface area contributed by atoms with E-state index < -0.39 is 5.97 Å². The zero-order valence-electron chi connectivity index (χ0n) is 9.21. The van der Waals surface area contributed by atoms with Gasteiger partial charge in [0, 0.05) is 17.1 Å². The van der Waals surface area contributed by atoms with Crippen molar-refractivity contribution in [1.82, 2.24) is 4.57 Å². The number of carboxylic acid groups (broad SMARTS) is 1. The molecule has 0 bridgehead atoms. The number of ether oxygens (including phenoxy) is 1. The SMILES string of the molecule is COC(=O)Cn1ccc2c(C(=O)O)cccc21. The van der Waals surface area contributed by atoms with E-state index in [9.17, 15) is 9.59 Å². The first-order valence-corrected chi connectivity index (χ1v) is 5.01. The molecule has 0 atom stereocenters. The Bertz CT molecular complexity index is 585. The number of carbonyl (C=O) groups excluding carboxylic acids is 1. The maximum atomic E-state index is 11.2. The maximum Gasteiger partial charge on any atom is 0.336 e. The van der Waals surface area contributed by atoms with Crippen LogP contribution in [0.2, 0.25) is 0 Å². The molecule has 0 radical (unpaired) electrons. The fraction of sp³-hybridized carbons (Fsp3) is 0.167. The Morgan fingerprint density at radius 3 is 2.76 bits per heavy atom. The molecule has 1 heterocycles. The van der Waals surface area contributed by atoms with E-state index in [0.717, 1.165) is 0 Å². The van der Waals surface area contributed by atoms with E-state index in [-0.39, 0.29) is 18.1 Å². The van der Waals surface area contributed by atoms with Gasteiger partial charge in [-0.2, -0.15) is 0 Å². The van der Waals surface area contributed by atoms with Crippen LogP contribution in [0.3, 0.4) is 0 Å². The van der Waals surface area contributed by atoms with E-state index in [0.29, 0.717) is 10.9 Å². The normalized spacial score (nSPS) is 10.4. The molecule has 1 aromatic carbocycles. The van der Waals surface area contributed by atoms with Crippen molar-refractivity contribution >= 4 is 22.8 Å². The van der Waals surface area contributed by atoms with Crippen LogP contribution >= 0.6 is 0 Å². The van der Waals surface area contributed by atoms with Crippen molar-refractivity contribution in [2.75, 3.05) is 7.11 Å². The summed E-state index contributed by atoms with van der Waals surface area (Å²) in [6.07, 6.45) is 1.67. The zero-order chi connectivity index (χ0) is 12.4. The third kappa shape index (κ3) is 1.99. The van der Waals surface area contributed by atoms with Crippen molar-refractivity contribution in [3.05, 3.63) is 36.0 Å². The number of hydrogen-bond donors (Lipinski definition) is 1. The van der Waals surface area contributed by atoms with Crippen LogP contribution in [0, 0.1) is 0 Å². The van der Waals surface area contributed by atoms with Crippen LogP contribution in [0.4, 0.5) is 0 Å². The third-order valence-electron chi connectivity index (χ3n) is 2.57. The van der Waals surface area contributed by atoms with Crippen LogP contribution < -0.4 is 0 Å². The first-order valence-electron chi connectivity index (χ1n) is 5.01. The number of fused-ring (bicyclic) bond motifs is 1. The predicted octanol–water partition coefficient (Wildman–Crippen LogP) is 1.51. The Hall–Kier alpha value is -2.30. The van der Waals surface area contributed by atoms with Gasteiger partial charge in [0.25, 0.3) is 0 Å². The Kier molecular flexibility index (Phi) is 2.82. The summed E-state index contributed by atoms with van der Waals surface area (Å²) in [5.74, 6) is -1.35. The van der Waals surface area contributed by atoms with Gasteiger partial charge in [0.05, 0.1) is 12.7 Å². The van der Waals surface area contributed by atoms with Gasteiger partial charge in [-0.3, -0.25) is 4.79 Å². The van der Waals surface area contributed by atoms with E-state index in [4.69, 9.17) is 5.11 Å². The highest BCUT2D eigenvalue weighted by Gasteiger charge is 2.12. The van der Waals surface area contributed by atoms with Crippen molar-refractivity contribution in [3.63, 3.8) is 0 Å². The first-order chi connectivity index (χ1) is 8.13. The first kappa shape index (κ1) is 11.2. The van der Waals surface area contributed by atoms with Crippen molar-refractivity contribution < 1.29 is 19.4 Å². The molecule has 0 aliphatic rings. The van der Waals surface area contributed by atoms with Crippen LogP contribution in [0.15, 0.2) is 30.5 Å². The fourth-order valence-electron chi connectivity index (χ4n) is 1.75. The minimum atomic E-state index is -0.980. The van der Waals surface area contributed by atoms with Crippen LogP contribution in [0.25, 0.3) is 10.9 Å². The number of rotatable bonds is 3. The molecule has 0 saturated carbocycles. The van der Waals surface area contributed by atoms with Gasteiger partial charge in [0.15, 0.2) is 0 Å². The number of aromatic nitrogens is 1. The quantitative estimate of drug-likeness (QED) is 0.816. The summed E-state index contributed by atoms with van der Waals surface area (Å²) in [4.78, 5) is 22.2. The summed E-state index contributed by atoms with van der Waals surface area (Å²) >= 11 is 0. The molecule has 0 saturated heterocycles. The molecule has 1 N–H and O–H groups in total. The average Bonchev–Trinajstić information content (AvgIpc) is 2.72. The van der Waals surface area contributed by atoms with Gasteiger partial charge in [-0.15, -0.1) is 0 Å². The van der Waals surface area contributed by atoms with E-state index in [1.807, 2.05) is 0 Å². The third-order valence-corrected chi connectivity index (χ3v) is 2.57. The van der Waals surface area contributed by atoms with Crippen molar-refractivity contribution in [2.24, 2.45) is 0 Å². The summed E-state index contributed by atoms with van der Waals surface area (Å²) in [7, 11) is 1.32. The molecule has 5 heteroatoms. The number of aromatic carboxylic acids is 1. The fourth-order valence-corrected chi connectivity index (χ4v) is 1.75. The molecule has 5 nitrogen and oxygen atoms in total. The van der Waals surface area contributed by atoms with Crippen LogP contribution in [-0.4, -0.2) is 28.7 Å². The molecule has 2 rings (SSSR count). The van der Waals surface area contributed by atoms with Gasteiger partial charge in [0.1, 0.15) is 6.54 Å². The largest absolute Gasteiger partial charge is 0.478 e. The number of carbonyl (C=O) groups is 2. The lowest BCUT2D eigenvalue weighted by atomic mass is 10.1. The number of carboxylic acids is 1. The van der Waals surface area contributed by atoms with Gasteiger partial charge in [0.2, 0.25) is 0 Å². The molecule has 1 aromatic heterocycles. The maximum absolute atomic E-state index is 11.2. The minimum absolute atomic E-state index is 0.0725. The number of nitrogens with zero attached hydrogens (tertiary/aromatic N) is 1. The molecule has 0 aliphatic heterocycles. The van der Waals surface area contributed by atoms with E-state index in [2.05, 4.69) is 4.74 Å². The van der Waals surface area contributed by atoms with E-state index in [1.54, 1.807) is 29.0 Å². The van der Waals surface area contributed by atoms with Crippen LogP contribution in [0.5, 0.6) is 0 Å². The number of hydrogen-bond acceptors (Lipinski definition) is 3. The highest BCUT2D eigenvalue weighted by Crippen LogP contribution is 2.20. The molecular weight excluding hydrogens is 222 g/mol. The molecule has 17 heavy (non-hydrogen) atoms. The van der Waals surface area contributed by atoms with Crippen molar-refractivity contribution in [1.29, 1.82) is 0 Å². The number of methoxy groups -OCH3 is 1. The van der Waals surface area contributed by atoms with E-state index in [1.165, 1.54) is 13.2 Å². The Morgan fingerprint density at radius 1 is 1.35 bits per heavy atom. The Labute approximate surface area is 97.2 Å². The second kappa shape index (κ2) is 4.29. The molecule has 0 fully saturated rings. The average molecular weight is 233 g/mol. The molecule has 0 spiro atoms. The molecule has 0 unspecified atom stereocenters. The summed E-state index contributed by atoms with van der Waals surface area (Å²) in [6.45, 7) is 0.0725. The van der Waals surface area contributed by atoms with Gasteiger partial charge in [-0.25, -0.2) is 4.79 Å². The smallest absolute Gasteiger partial charge is 0.336 e. The van der Waals surface area contributed by atoms with Gasteiger partial charge >= 0.3 is 11.9 Å². The highest BCUT2D eigenvalue weighted by molar-refractivity contribution is 6.03. The van der Waals surface area contributed by atoms with Crippen LogP contribution in [0.1, 0.15) is 10.4 Å². The predicted molar refractivity (Wildman–Crippen MR) is 60.9 cm³/mol. The van der Waals surface area contributed by atoms with Crippen molar-refractivity contribution in [2.45, 2.75) is 6.54 Å². The Morgan fingerprint density at radius 2 is 2.12 bits per heavy atom. The summed E-state index contributed by atoms with van der Waals surface area (Å²) in [5, 5.41) is 9.63. The topological polar surface area (TPSA) is 68.5 Å². The monoisotopic (exact) mass is 233 g/mol. The highest BCUT2D eigenvalue weighted by atomic mass is 16.5. The van der Waals surface area contributed by atoms with E-state index >= 15 is 0 Å². The van der Waals surface area contributed by atoms with Crippen LogP contribution in [-0.2, 0) is 16.1 Å². The van der Waals surface area contributed by atoms with Crippen molar-refractivity contribution in [3.8, 4) is 0 Å². The molecular formula is C12H11NO4. The lowest BCUT2D eigenvalue weighted by Crippen LogP contribution is -2.10. The second-order valence-corrected chi connectivity index (χ2v) is 3.56. The van der Waals surface area contributed by atoms with Gasteiger partial charge < -0.3 is 14.4 Å².